The lowest BCUT2D eigenvalue weighted by molar-refractivity contribution is -0.121. The molecule has 2 aromatic rings. The highest BCUT2D eigenvalue weighted by Gasteiger charge is 2.38. The predicted octanol–water partition coefficient (Wildman–Crippen LogP) is 4.58. The molecule has 2 aliphatic heterocycles. The summed E-state index contributed by atoms with van der Waals surface area (Å²) in [5.41, 5.74) is 1.50. The van der Waals surface area contributed by atoms with E-state index in [9.17, 15) is 22.4 Å². The molecule has 1 saturated heterocycles. The minimum atomic E-state index is -3.98. The Hall–Kier alpha value is -2.01. The second-order valence-corrected chi connectivity index (χ2v) is 11.6. The molecular weight excluding hydrogens is 549 g/mol. The number of hydrogen-bond donors (Lipinski definition) is 1. The first-order valence-electron chi connectivity index (χ1n) is 11.0. The van der Waals surface area contributed by atoms with E-state index in [-0.39, 0.29) is 46.9 Å². The van der Waals surface area contributed by atoms with Crippen molar-refractivity contribution in [2.45, 2.75) is 37.5 Å². The fraction of sp³-hybridized carbons (Fsp3) is 0.391. The van der Waals surface area contributed by atoms with Crippen molar-refractivity contribution in [3.05, 3.63) is 51.2 Å². The van der Waals surface area contributed by atoms with Crippen molar-refractivity contribution in [3.8, 4) is 0 Å². The van der Waals surface area contributed by atoms with Gasteiger partial charge in [-0.2, -0.15) is 4.31 Å². The average Bonchev–Trinajstić information content (AvgIpc) is 3.23. The topological polar surface area (TPSA) is 86.8 Å². The van der Waals surface area contributed by atoms with E-state index in [0.29, 0.717) is 36.0 Å². The van der Waals surface area contributed by atoms with Gasteiger partial charge in [0.2, 0.25) is 21.8 Å². The molecule has 1 fully saturated rings. The molecule has 2 heterocycles. The summed E-state index contributed by atoms with van der Waals surface area (Å²) in [6.07, 6.45) is 1.86. The number of carbonyl (C=O) groups is 2. The first kappa shape index (κ1) is 25.1. The van der Waals surface area contributed by atoms with Gasteiger partial charge in [-0.15, -0.1) is 0 Å². The quantitative estimate of drug-likeness (QED) is 0.568. The van der Waals surface area contributed by atoms with E-state index in [1.165, 1.54) is 22.5 Å². The number of rotatable bonds is 5. The smallest absolute Gasteiger partial charge is 0.245 e. The molecule has 0 aromatic heterocycles. The summed E-state index contributed by atoms with van der Waals surface area (Å²) in [6, 6.07) is 7.03. The van der Waals surface area contributed by atoms with Crippen LogP contribution in [0.2, 0.25) is 5.02 Å². The van der Waals surface area contributed by atoms with Crippen LogP contribution in [0.3, 0.4) is 0 Å². The van der Waals surface area contributed by atoms with E-state index in [1.807, 2.05) is 6.07 Å². The highest BCUT2D eigenvalue weighted by Crippen LogP contribution is 2.40. The van der Waals surface area contributed by atoms with Crippen LogP contribution in [-0.2, 0) is 26.0 Å². The molecule has 0 bridgehead atoms. The highest BCUT2D eigenvalue weighted by molar-refractivity contribution is 9.10. The minimum absolute atomic E-state index is 0.00398. The first-order chi connectivity index (χ1) is 16.1. The first-order valence-corrected chi connectivity index (χ1v) is 13.6. The molecule has 2 amide bonds. The molecule has 1 N–H and O–H groups in total. The summed E-state index contributed by atoms with van der Waals surface area (Å²) in [7, 11) is -3.98. The molecule has 0 aliphatic carbocycles. The highest BCUT2D eigenvalue weighted by atomic mass is 79.9. The number of carbonyl (C=O) groups excluding carboxylic acids is 2. The van der Waals surface area contributed by atoms with Crippen LogP contribution in [0.5, 0.6) is 0 Å². The van der Waals surface area contributed by atoms with E-state index >= 15 is 0 Å². The zero-order chi connectivity index (χ0) is 24.6. The van der Waals surface area contributed by atoms with Crippen molar-refractivity contribution < 1.29 is 22.4 Å². The number of piperidine rings is 1. The predicted molar refractivity (Wildman–Crippen MR) is 132 cm³/mol. The van der Waals surface area contributed by atoms with Crippen molar-refractivity contribution in [1.29, 1.82) is 0 Å². The number of sulfonamides is 1. The molecule has 7 nitrogen and oxygen atoms in total. The van der Waals surface area contributed by atoms with E-state index in [0.717, 1.165) is 11.6 Å². The maximum atomic E-state index is 13.7. The molecule has 1 atom stereocenters. The Kier molecular flexibility index (Phi) is 7.33. The maximum Gasteiger partial charge on any atom is 0.245 e. The van der Waals surface area contributed by atoms with Gasteiger partial charge in [0.25, 0.3) is 0 Å². The largest absolute Gasteiger partial charge is 0.324 e. The second kappa shape index (κ2) is 9.93. The van der Waals surface area contributed by atoms with Crippen LogP contribution in [-0.4, -0.2) is 44.2 Å². The molecule has 34 heavy (non-hydrogen) atoms. The third-order valence-corrected chi connectivity index (χ3v) is 8.81. The van der Waals surface area contributed by atoms with Crippen LogP contribution in [0.25, 0.3) is 0 Å². The summed E-state index contributed by atoms with van der Waals surface area (Å²) in [6.45, 7) is 2.45. The van der Waals surface area contributed by atoms with Crippen LogP contribution in [0.4, 0.5) is 15.8 Å². The van der Waals surface area contributed by atoms with Gasteiger partial charge in [-0.25, -0.2) is 12.8 Å². The normalized spacial score (nSPS) is 18.6. The van der Waals surface area contributed by atoms with Crippen molar-refractivity contribution in [2.24, 2.45) is 5.92 Å². The Morgan fingerprint density at radius 1 is 1.24 bits per heavy atom. The van der Waals surface area contributed by atoms with Gasteiger partial charge >= 0.3 is 0 Å². The second-order valence-electron chi connectivity index (χ2n) is 8.38. The summed E-state index contributed by atoms with van der Waals surface area (Å²) in [5.74, 6) is -1.63. The van der Waals surface area contributed by atoms with Crippen LogP contribution >= 0.6 is 27.5 Å². The van der Waals surface area contributed by atoms with Gasteiger partial charge in [0.15, 0.2) is 0 Å². The SMILES string of the molecule is CCC(=O)N1CCc2cc(Br)cc(S(=O)(=O)N3CCC[C@H](C(=O)Nc4ccc(F)cc4Cl)C3)c21. The Labute approximate surface area is 211 Å². The summed E-state index contributed by atoms with van der Waals surface area (Å²) >= 11 is 9.42. The van der Waals surface area contributed by atoms with Gasteiger partial charge in [0, 0.05) is 30.5 Å². The Morgan fingerprint density at radius 2 is 2.00 bits per heavy atom. The number of hydrogen-bond acceptors (Lipinski definition) is 4. The lowest BCUT2D eigenvalue weighted by Crippen LogP contribution is -2.44. The average molecular weight is 573 g/mol. The molecule has 11 heteroatoms. The van der Waals surface area contributed by atoms with Gasteiger partial charge in [-0.3, -0.25) is 9.59 Å². The van der Waals surface area contributed by atoms with Crippen molar-refractivity contribution in [2.75, 3.05) is 29.9 Å². The minimum Gasteiger partial charge on any atom is -0.324 e. The number of nitrogens with zero attached hydrogens (tertiary/aromatic N) is 2. The monoisotopic (exact) mass is 571 g/mol. The van der Waals surface area contributed by atoms with Crippen LogP contribution in [0, 0.1) is 11.7 Å². The van der Waals surface area contributed by atoms with Crippen LogP contribution < -0.4 is 10.2 Å². The molecule has 2 aromatic carbocycles. The molecule has 2 aliphatic rings. The summed E-state index contributed by atoms with van der Waals surface area (Å²) < 4.78 is 42.7. The van der Waals surface area contributed by atoms with Crippen molar-refractivity contribution in [3.63, 3.8) is 0 Å². The van der Waals surface area contributed by atoms with Crippen LogP contribution in [0.1, 0.15) is 31.7 Å². The fourth-order valence-electron chi connectivity index (χ4n) is 4.45. The number of fused-ring (bicyclic) bond motifs is 1. The zero-order valence-corrected chi connectivity index (χ0v) is 21.6. The Bertz CT molecular complexity index is 1260. The van der Waals surface area contributed by atoms with Crippen LogP contribution in [0.15, 0.2) is 39.7 Å². The van der Waals surface area contributed by atoms with Gasteiger partial charge < -0.3 is 10.2 Å². The molecule has 182 valence electrons. The number of halogens is 3. The number of nitrogens with one attached hydrogen (secondary N) is 1. The van der Waals surface area contributed by atoms with E-state index < -0.39 is 21.8 Å². The molecule has 0 saturated carbocycles. The third-order valence-electron chi connectivity index (χ3n) is 6.16. The van der Waals surface area contributed by atoms with Crippen molar-refractivity contribution >= 4 is 60.7 Å². The van der Waals surface area contributed by atoms with E-state index in [1.54, 1.807) is 11.8 Å². The molecule has 4 rings (SSSR count). The third kappa shape index (κ3) is 4.86. The summed E-state index contributed by atoms with van der Waals surface area (Å²) in [4.78, 5) is 27.0. The van der Waals surface area contributed by atoms with Gasteiger partial charge in [-0.1, -0.05) is 34.5 Å². The van der Waals surface area contributed by atoms with Gasteiger partial charge in [-0.05, 0) is 55.2 Å². The number of amides is 2. The molecule has 0 radical (unpaired) electrons. The summed E-state index contributed by atoms with van der Waals surface area (Å²) in [5, 5.41) is 2.75. The standard InChI is InChI=1S/C23H24BrClFN3O4S/c1-2-21(30)29-9-7-14-10-16(24)11-20(22(14)29)34(32,33)28-8-3-4-15(13-28)23(31)27-19-6-5-17(26)12-18(19)25/h5-6,10-12,15H,2-4,7-9,13H2,1H3,(H,27,31)/t15-/m0/s1. The number of benzene rings is 2. The lowest BCUT2D eigenvalue weighted by Gasteiger charge is -2.32. The molecule has 0 unspecified atom stereocenters. The number of anilines is 2. The Balaban J connectivity index is 1.60. The lowest BCUT2D eigenvalue weighted by atomic mass is 9.98. The molecule has 0 spiro atoms. The van der Waals surface area contributed by atoms with Gasteiger partial charge in [0.1, 0.15) is 10.7 Å². The zero-order valence-electron chi connectivity index (χ0n) is 18.5. The maximum absolute atomic E-state index is 13.7. The van der Waals surface area contributed by atoms with Gasteiger partial charge in [0.05, 0.1) is 22.3 Å². The van der Waals surface area contributed by atoms with Crippen molar-refractivity contribution in [1.82, 2.24) is 4.31 Å². The van der Waals surface area contributed by atoms with E-state index in [4.69, 9.17) is 11.6 Å². The van der Waals surface area contributed by atoms with E-state index in [2.05, 4.69) is 21.2 Å². The fourth-order valence-corrected chi connectivity index (χ4v) is 7.10. The Morgan fingerprint density at radius 3 is 2.71 bits per heavy atom. The molecular formula is C23H24BrClFN3O4S.